The smallest absolute Gasteiger partial charge is 0.485 e. The summed E-state index contributed by atoms with van der Waals surface area (Å²) in [6, 6.07) is 8.71. The summed E-state index contributed by atoms with van der Waals surface area (Å²) in [4.78, 5) is 0. The number of nitrogens with zero attached hydrogens (tertiary/aromatic N) is 1. The minimum Gasteiger partial charge on any atom is -0.741 e. The molecule has 0 atom stereocenters. The van der Waals surface area contributed by atoms with Gasteiger partial charge in [-0.15, -0.1) is 0 Å². The van der Waals surface area contributed by atoms with Crippen LogP contribution < -0.4 is 4.57 Å². The van der Waals surface area contributed by atoms with Gasteiger partial charge >= 0.3 is 81.4 Å². The van der Waals surface area contributed by atoms with Crippen LogP contribution in [0.3, 0.4) is 0 Å². The number of rotatable bonds is 0. The molecule has 0 amide bonds. The summed E-state index contributed by atoms with van der Waals surface area (Å²) in [5.41, 5.74) is -4.22. The minimum absolute atomic E-state index is 0.0117. The van der Waals surface area contributed by atoms with Crippen molar-refractivity contribution in [2.24, 2.45) is 7.05 Å². The quantitative estimate of drug-likeness (QED) is 0.284. The molecule has 4 nitrogen and oxygen atoms in total. The normalized spacial score (nSPS) is 12.1. The molecule has 0 fully saturated rings. The topological polar surface area (TPSA) is 61.1 Å². The first-order chi connectivity index (χ1) is 8.54. The van der Waals surface area contributed by atoms with Crippen LogP contribution in [0.1, 0.15) is 3.71 Å². The molecule has 1 aromatic carbocycles. The molecule has 0 aliphatic rings. The zero-order chi connectivity index (χ0) is 14.8. The second-order valence-electron chi connectivity index (χ2n) is 3.55. The summed E-state index contributed by atoms with van der Waals surface area (Å²) in [5, 5.41) is 0. The van der Waals surface area contributed by atoms with E-state index in [1.165, 1.54) is 5.52 Å². The molecule has 106 valence electrons. The average molecular weight is 409 g/mol. The average Bonchev–Trinajstić information content (AvgIpc) is 2.54. The van der Waals surface area contributed by atoms with Gasteiger partial charge in [-0.3, -0.25) is 0 Å². The molecule has 0 bridgehead atoms. The van der Waals surface area contributed by atoms with Crippen molar-refractivity contribution >= 4 is 39.5 Å². The first-order valence-corrected chi connectivity index (χ1v) is 8.64. The van der Waals surface area contributed by atoms with E-state index < -0.39 is 15.6 Å². The Bertz CT molecular complexity index is 679. The third-order valence-corrected chi connectivity index (χ3v) is 6.04. The molecule has 9 heteroatoms. The zero-order valence-electron chi connectivity index (χ0n) is 9.93. The molecule has 2 aromatic rings. The predicted molar refractivity (Wildman–Crippen MR) is 62.6 cm³/mol. The van der Waals surface area contributed by atoms with E-state index >= 15 is 0 Å². The SMILES string of the molecule is Cc1[te]c2ccccc2[n+]1C.O=S(=O)([O-])C(F)(F)F. The van der Waals surface area contributed by atoms with Gasteiger partial charge in [-0.2, -0.15) is 13.2 Å². The molecule has 0 saturated heterocycles. The largest absolute Gasteiger partial charge is 0.741 e. The molecule has 1 aromatic heterocycles. The molecule has 0 saturated carbocycles. The predicted octanol–water partition coefficient (Wildman–Crippen LogP) is 1.08. The van der Waals surface area contributed by atoms with E-state index in [9.17, 15) is 13.2 Å². The molecule has 2 rings (SSSR count). The number of hydrogen-bond donors (Lipinski definition) is 0. The van der Waals surface area contributed by atoms with Crippen molar-refractivity contribution < 1.29 is 30.7 Å². The third kappa shape index (κ3) is 4.17. The van der Waals surface area contributed by atoms with Gasteiger partial charge in [0.2, 0.25) is 0 Å². The Balaban J connectivity index is 0.000000203. The Labute approximate surface area is 117 Å². The Morgan fingerprint density at radius 3 is 2.16 bits per heavy atom. The number of aromatic nitrogens is 1. The van der Waals surface area contributed by atoms with Crippen molar-refractivity contribution in [3.8, 4) is 0 Å². The van der Waals surface area contributed by atoms with Gasteiger partial charge in [-0.1, -0.05) is 0 Å². The number of hydrogen-bond acceptors (Lipinski definition) is 3. The first kappa shape index (κ1) is 16.4. The van der Waals surface area contributed by atoms with E-state index in [0.29, 0.717) is 0 Å². The van der Waals surface area contributed by atoms with Crippen LogP contribution in [0.5, 0.6) is 0 Å². The van der Waals surface area contributed by atoms with Crippen LogP contribution in [0.2, 0.25) is 0 Å². The molecular weight excluding hydrogens is 399 g/mol. The van der Waals surface area contributed by atoms with Crippen LogP contribution in [0, 0.1) is 6.92 Å². The van der Waals surface area contributed by atoms with Crippen LogP contribution in [-0.2, 0) is 17.2 Å². The number of benzene rings is 1. The van der Waals surface area contributed by atoms with E-state index in [-0.39, 0.29) is 20.4 Å². The number of para-hydroxylation sites is 1. The number of aryl methyl sites for hydroxylation is 2. The molecular formula is C10H10F3NO3STe. The third-order valence-electron chi connectivity index (χ3n) is 2.24. The zero-order valence-corrected chi connectivity index (χ0v) is 13.1. The molecule has 0 unspecified atom stereocenters. The van der Waals surface area contributed by atoms with Crippen LogP contribution in [0.4, 0.5) is 13.2 Å². The molecule has 0 aliphatic carbocycles. The van der Waals surface area contributed by atoms with Crippen molar-refractivity contribution in [2.45, 2.75) is 12.4 Å². The van der Waals surface area contributed by atoms with Crippen LogP contribution in [0.25, 0.3) is 8.92 Å². The van der Waals surface area contributed by atoms with Gasteiger partial charge in [0, 0.05) is 0 Å². The van der Waals surface area contributed by atoms with Gasteiger partial charge in [0.05, 0.1) is 0 Å². The van der Waals surface area contributed by atoms with Crippen LogP contribution in [-0.4, -0.2) is 38.9 Å². The van der Waals surface area contributed by atoms with Crippen molar-refractivity contribution in [2.75, 3.05) is 0 Å². The maximum atomic E-state index is 10.7. The fourth-order valence-electron chi connectivity index (χ4n) is 1.22. The number of halogens is 3. The second-order valence-corrected chi connectivity index (χ2v) is 8.44. The van der Waals surface area contributed by atoms with Crippen molar-refractivity contribution in [3.05, 3.63) is 28.0 Å². The molecule has 0 N–H and O–H groups in total. The summed E-state index contributed by atoms with van der Waals surface area (Å²) in [6.45, 7) is 2.24. The Morgan fingerprint density at radius 1 is 1.26 bits per heavy atom. The maximum absolute atomic E-state index is 10.7. The molecule has 1 heterocycles. The van der Waals surface area contributed by atoms with E-state index in [2.05, 4.69) is 42.8 Å². The van der Waals surface area contributed by atoms with E-state index in [0.717, 1.165) is 0 Å². The maximum Gasteiger partial charge on any atom is 0.485 e. The summed E-state index contributed by atoms with van der Waals surface area (Å²) < 4.78 is 64.4. The van der Waals surface area contributed by atoms with Crippen molar-refractivity contribution in [1.29, 1.82) is 0 Å². The van der Waals surface area contributed by atoms with E-state index in [4.69, 9.17) is 13.0 Å². The van der Waals surface area contributed by atoms with Gasteiger partial charge in [0.15, 0.2) is 10.1 Å². The van der Waals surface area contributed by atoms with Crippen LogP contribution in [0.15, 0.2) is 24.3 Å². The van der Waals surface area contributed by atoms with Gasteiger partial charge in [-0.25, -0.2) is 8.42 Å². The van der Waals surface area contributed by atoms with Gasteiger partial charge < -0.3 is 4.55 Å². The van der Waals surface area contributed by atoms with Gasteiger partial charge in [0.1, 0.15) is 0 Å². The second kappa shape index (κ2) is 5.79. The van der Waals surface area contributed by atoms with Crippen LogP contribution >= 0.6 is 0 Å². The number of fused-ring (bicyclic) bond motifs is 1. The minimum atomic E-state index is -6.09. The summed E-state index contributed by atoms with van der Waals surface area (Å²) in [7, 11) is -3.93. The Kier molecular flexibility index (Phi) is 5.01. The fraction of sp³-hybridized carbons (Fsp3) is 0.300. The fourth-order valence-corrected chi connectivity index (χ4v) is 4.10. The molecule has 0 spiro atoms. The molecule has 19 heavy (non-hydrogen) atoms. The Morgan fingerprint density at radius 2 is 1.74 bits per heavy atom. The van der Waals surface area contributed by atoms with Gasteiger partial charge in [-0.05, 0) is 0 Å². The van der Waals surface area contributed by atoms with E-state index in [1.807, 2.05) is 0 Å². The molecule has 0 radical (unpaired) electrons. The monoisotopic (exact) mass is 411 g/mol. The summed E-state index contributed by atoms with van der Waals surface area (Å²) in [6.07, 6.45) is 0. The Hall–Kier alpha value is -0.620. The van der Waals surface area contributed by atoms with Crippen molar-refractivity contribution in [1.82, 2.24) is 0 Å². The summed E-state index contributed by atoms with van der Waals surface area (Å²) in [5.74, 6) is 0. The van der Waals surface area contributed by atoms with Gasteiger partial charge in [0.25, 0.3) is 0 Å². The number of alkyl halides is 3. The first-order valence-electron chi connectivity index (χ1n) is 4.90. The molecule has 0 aliphatic heterocycles. The van der Waals surface area contributed by atoms with Crippen molar-refractivity contribution in [3.63, 3.8) is 0 Å². The van der Waals surface area contributed by atoms with E-state index in [1.54, 1.807) is 7.11 Å². The summed E-state index contributed by atoms with van der Waals surface area (Å²) >= 11 is -0.0117. The standard InChI is InChI=1S/C9H10NTe.CHF3O3S/c1-7-10(2)8-5-3-4-6-9(8)11-7;2-1(3,4)8(5,6)7/h3-6H,1-2H3;(H,5,6,7)/q+1;/p-1.